The molecule has 2 aromatic rings. The lowest BCUT2D eigenvalue weighted by Crippen LogP contribution is -2.40. The van der Waals surface area contributed by atoms with Crippen molar-refractivity contribution in [1.82, 2.24) is 25.5 Å². The predicted molar refractivity (Wildman–Crippen MR) is 111 cm³/mol. The summed E-state index contributed by atoms with van der Waals surface area (Å²) in [5, 5.41) is 9.33. The Morgan fingerprint density at radius 3 is 2.78 bits per heavy atom. The van der Waals surface area contributed by atoms with Gasteiger partial charge < -0.3 is 20.5 Å². The lowest BCUT2D eigenvalue weighted by Gasteiger charge is -2.12. The molecular formula is C20H32N6O. The van der Waals surface area contributed by atoms with Crippen LogP contribution in [0.1, 0.15) is 39.4 Å². The molecule has 1 heterocycles. The van der Waals surface area contributed by atoms with Crippen molar-refractivity contribution in [3.63, 3.8) is 0 Å². The van der Waals surface area contributed by atoms with Crippen molar-refractivity contribution in [3.8, 4) is 0 Å². The summed E-state index contributed by atoms with van der Waals surface area (Å²) in [5.74, 6) is 1.83. The van der Waals surface area contributed by atoms with E-state index >= 15 is 0 Å². The fraction of sp³-hybridized carbons (Fsp3) is 0.550. The van der Waals surface area contributed by atoms with Crippen LogP contribution in [-0.2, 0) is 11.3 Å². The first-order valence-corrected chi connectivity index (χ1v) is 9.74. The molecule has 0 aliphatic carbocycles. The van der Waals surface area contributed by atoms with Gasteiger partial charge in [-0.1, -0.05) is 12.1 Å². The SMILES string of the molecule is CCNC(=NCCCn1c(C)nc2ccccc21)NCCC(=O)NC(C)C. The van der Waals surface area contributed by atoms with Gasteiger partial charge in [0.2, 0.25) is 5.91 Å². The number of carbonyl (C=O) groups is 1. The monoisotopic (exact) mass is 372 g/mol. The lowest BCUT2D eigenvalue weighted by molar-refractivity contribution is -0.121. The van der Waals surface area contributed by atoms with Crippen LogP contribution in [0.2, 0.25) is 0 Å². The number of nitrogens with zero attached hydrogens (tertiary/aromatic N) is 3. The molecule has 0 aliphatic rings. The Labute approximate surface area is 161 Å². The summed E-state index contributed by atoms with van der Waals surface area (Å²) in [6.45, 7) is 10.9. The van der Waals surface area contributed by atoms with E-state index in [1.54, 1.807) is 0 Å². The Hall–Kier alpha value is -2.57. The Bertz CT molecular complexity index is 765. The van der Waals surface area contributed by atoms with Crippen molar-refractivity contribution in [3.05, 3.63) is 30.1 Å². The van der Waals surface area contributed by atoms with Gasteiger partial charge in [0, 0.05) is 38.6 Å². The number of aliphatic imine (C=N–C) groups is 1. The molecule has 0 radical (unpaired) electrons. The normalized spacial score (nSPS) is 11.8. The molecule has 0 fully saturated rings. The molecule has 0 saturated heterocycles. The molecule has 7 heteroatoms. The van der Waals surface area contributed by atoms with Gasteiger partial charge in [-0.3, -0.25) is 9.79 Å². The van der Waals surface area contributed by atoms with Crippen LogP contribution in [0.15, 0.2) is 29.3 Å². The number of carbonyl (C=O) groups excluding carboxylic acids is 1. The van der Waals surface area contributed by atoms with Crippen molar-refractivity contribution in [1.29, 1.82) is 0 Å². The van der Waals surface area contributed by atoms with E-state index < -0.39 is 0 Å². The van der Waals surface area contributed by atoms with Crippen molar-refractivity contribution in [2.45, 2.75) is 53.1 Å². The lowest BCUT2D eigenvalue weighted by atomic mass is 10.3. The molecule has 1 aromatic heterocycles. The Morgan fingerprint density at radius 1 is 1.26 bits per heavy atom. The smallest absolute Gasteiger partial charge is 0.221 e. The van der Waals surface area contributed by atoms with E-state index in [1.165, 1.54) is 5.52 Å². The number of benzene rings is 1. The summed E-state index contributed by atoms with van der Waals surface area (Å²) in [6, 6.07) is 8.37. The molecule has 1 amide bonds. The number of para-hydroxylation sites is 2. The van der Waals surface area contributed by atoms with Crippen LogP contribution in [0.3, 0.4) is 0 Å². The standard InChI is InChI=1S/C20H32N6O/c1-5-21-20(23-13-11-19(27)24-15(2)3)22-12-8-14-26-16(4)25-17-9-6-7-10-18(17)26/h6-7,9-10,15H,5,8,11-14H2,1-4H3,(H,24,27)(H2,21,22,23). The fourth-order valence-corrected chi connectivity index (χ4v) is 2.93. The zero-order valence-electron chi connectivity index (χ0n) is 16.9. The molecule has 2 rings (SSSR count). The van der Waals surface area contributed by atoms with Crippen LogP contribution in [0.4, 0.5) is 0 Å². The van der Waals surface area contributed by atoms with Gasteiger partial charge in [0.25, 0.3) is 0 Å². The van der Waals surface area contributed by atoms with Gasteiger partial charge in [0.15, 0.2) is 5.96 Å². The molecule has 0 spiro atoms. The minimum Gasteiger partial charge on any atom is -0.357 e. The fourth-order valence-electron chi connectivity index (χ4n) is 2.93. The molecule has 3 N–H and O–H groups in total. The maximum Gasteiger partial charge on any atom is 0.221 e. The van der Waals surface area contributed by atoms with Crippen LogP contribution in [0, 0.1) is 6.92 Å². The third-order valence-corrected chi connectivity index (χ3v) is 4.09. The van der Waals surface area contributed by atoms with Crippen LogP contribution >= 0.6 is 0 Å². The molecular weight excluding hydrogens is 340 g/mol. The zero-order valence-corrected chi connectivity index (χ0v) is 16.9. The molecule has 7 nitrogen and oxygen atoms in total. The van der Waals surface area contributed by atoms with Crippen LogP contribution in [0.5, 0.6) is 0 Å². The number of guanidine groups is 1. The first-order valence-electron chi connectivity index (χ1n) is 9.74. The second kappa shape index (κ2) is 10.5. The number of hydrogen-bond donors (Lipinski definition) is 3. The molecule has 148 valence electrons. The predicted octanol–water partition coefficient (Wildman–Crippen LogP) is 2.20. The second-order valence-electron chi connectivity index (χ2n) is 6.81. The largest absolute Gasteiger partial charge is 0.357 e. The minimum atomic E-state index is 0.0517. The molecule has 0 aliphatic heterocycles. The van der Waals surface area contributed by atoms with Crippen molar-refractivity contribution in [2.24, 2.45) is 4.99 Å². The summed E-state index contributed by atoms with van der Waals surface area (Å²) in [7, 11) is 0. The maximum atomic E-state index is 11.7. The number of imidazole rings is 1. The quantitative estimate of drug-likeness (QED) is 0.358. The minimum absolute atomic E-state index is 0.0517. The highest BCUT2D eigenvalue weighted by Crippen LogP contribution is 2.15. The molecule has 27 heavy (non-hydrogen) atoms. The molecule has 0 atom stereocenters. The van der Waals surface area contributed by atoms with Crippen molar-refractivity contribution >= 4 is 22.9 Å². The van der Waals surface area contributed by atoms with E-state index in [0.717, 1.165) is 36.8 Å². The van der Waals surface area contributed by atoms with Crippen LogP contribution in [0.25, 0.3) is 11.0 Å². The van der Waals surface area contributed by atoms with Crippen molar-refractivity contribution in [2.75, 3.05) is 19.6 Å². The molecule has 1 aromatic carbocycles. The Morgan fingerprint density at radius 2 is 2.04 bits per heavy atom. The van der Waals surface area contributed by atoms with E-state index in [4.69, 9.17) is 0 Å². The number of aromatic nitrogens is 2. The molecule has 0 bridgehead atoms. The topological polar surface area (TPSA) is 83.3 Å². The highest BCUT2D eigenvalue weighted by atomic mass is 16.1. The van der Waals surface area contributed by atoms with Gasteiger partial charge in [-0.15, -0.1) is 0 Å². The van der Waals surface area contributed by atoms with E-state index in [9.17, 15) is 4.79 Å². The summed E-state index contributed by atoms with van der Waals surface area (Å²) < 4.78 is 2.24. The Kier molecular flexibility index (Phi) is 8.10. The third kappa shape index (κ3) is 6.58. The third-order valence-electron chi connectivity index (χ3n) is 4.09. The van der Waals surface area contributed by atoms with Gasteiger partial charge in [0.05, 0.1) is 11.0 Å². The number of rotatable bonds is 9. The average Bonchev–Trinajstić information content (AvgIpc) is 2.93. The second-order valence-corrected chi connectivity index (χ2v) is 6.81. The summed E-state index contributed by atoms with van der Waals surface area (Å²) in [4.78, 5) is 20.9. The summed E-state index contributed by atoms with van der Waals surface area (Å²) in [5.41, 5.74) is 2.20. The number of hydrogen-bond acceptors (Lipinski definition) is 3. The van der Waals surface area contributed by atoms with Gasteiger partial charge in [-0.2, -0.15) is 0 Å². The van der Waals surface area contributed by atoms with Gasteiger partial charge in [-0.05, 0) is 46.2 Å². The number of amides is 1. The summed E-state index contributed by atoms with van der Waals surface area (Å²) >= 11 is 0. The zero-order chi connectivity index (χ0) is 19.6. The molecule has 0 saturated carbocycles. The maximum absolute atomic E-state index is 11.7. The van der Waals surface area contributed by atoms with Crippen LogP contribution < -0.4 is 16.0 Å². The van der Waals surface area contributed by atoms with Gasteiger partial charge in [0.1, 0.15) is 5.82 Å². The van der Waals surface area contributed by atoms with E-state index in [0.29, 0.717) is 19.5 Å². The van der Waals surface area contributed by atoms with Gasteiger partial charge in [-0.25, -0.2) is 4.98 Å². The van der Waals surface area contributed by atoms with E-state index in [2.05, 4.69) is 36.6 Å². The first-order chi connectivity index (χ1) is 13.0. The van der Waals surface area contributed by atoms with E-state index in [1.807, 2.05) is 45.9 Å². The van der Waals surface area contributed by atoms with Crippen LogP contribution in [-0.4, -0.2) is 47.1 Å². The highest BCUT2D eigenvalue weighted by molar-refractivity contribution is 5.81. The van der Waals surface area contributed by atoms with E-state index in [-0.39, 0.29) is 11.9 Å². The Balaban J connectivity index is 1.82. The number of nitrogens with one attached hydrogen (secondary N) is 3. The highest BCUT2D eigenvalue weighted by Gasteiger charge is 2.06. The summed E-state index contributed by atoms with van der Waals surface area (Å²) in [6.07, 6.45) is 1.36. The number of aryl methyl sites for hydroxylation is 2. The molecule has 0 unspecified atom stereocenters. The van der Waals surface area contributed by atoms with Crippen molar-refractivity contribution < 1.29 is 4.79 Å². The first kappa shape index (κ1) is 20.7. The number of fused-ring (bicyclic) bond motifs is 1. The average molecular weight is 373 g/mol. The van der Waals surface area contributed by atoms with Gasteiger partial charge >= 0.3 is 0 Å².